The lowest BCUT2D eigenvalue weighted by Gasteiger charge is -2.22. The van der Waals surface area contributed by atoms with Gasteiger partial charge in [0.2, 0.25) is 0 Å². The van der Waals surface area contributed by atoms with Crippen LogP contribution in [0.4, 0.5) is 5.69 Å². The number of nitro groups is 1. The first-order valence-corrected chi connectivity index (χ1v) is 8.46. The van der Waals surface area contributed by atoms with Gasteiger partial charge in [0.25, 0.3) is 11.6 Å². The van der Waals surface area contributed by atoms with Crippen molar-refractivity contribution in [2.75, 3.05) is 13.2 Å². The van der Waals surface area contributed by atoms with Gasteiger partial charge in [-0.3, -0.25) is 14.9 Å². The first-order valence-electron chi connectivity index (χ1n) is 8.46. The summed E-state index contributed by atoms with van der Waals surface area (Å²) in [5.41, 5.74) is 1.65. The molecule has 0 aliphatic heterocycles. The number of hydrogen-bond donors (Lipinski definition) is 1. The van der Waals surface area contributed by atoms with E-state index < -0.39 is 4.92 Å². The molecule has 0 aromatic heterocycles. The van der Waals surface area contributed by atoms with Gasteiger partial charge in [0.05, 0.1) is 11.5 Å². The lowest BCUT2D eigenvalue weighted by atomic mass is 9.86. The van der Waals surface area contributed by atoms with E-state index >= 15 is 0 Å². The van der Waals surface area contributed by atoms with E-state index in [0.29, 0.717) is 24.3 Å². The molecule has 2 aromatic carbocycles. The third-order valence-corrected chi connectivity index (χ3v) is 4.09. The van der Waals surface area contributed by atoms with Gasteiger partial charge in [0, 0.05) is 17.2 Å². The molecule has 0 fully saturated rings. The van der Waals surface area contributed by atoms with E-state index in [1.165, 1.54) is 12.1 Å². The van der Waals surface area contributed by atoms with Gasteiger partial charge in [-0.25, -0.2) is 0 Å². The van der Waals surface area contributed by atoms with Crippen molar-refractivity contribution in [1.29, 1.82) is 0 Å². The molecule has 2 aromatic rings. The zero-order valence-electron chi connectivity index (χ0n) is 15.5. The molecule has 26 heavy (non-hydrogen) atoms. The Balaban J connectivity index is 1.97. The number of benzene rings is 2. The summed E-state index contributed by atoms with van der Waals surface area (Å²) in [7, 11) is 0. The van der Waals surface area contributed by atoms with Crippen molar-refractivity contribution >= 4 is 11.6 Å². The van der Waals surface area contributed by atoms with Gasteiger partial charge < -0.3 is 10.1 Å². The molecule has 6 heteroatoms. The average molecular weight is 356 g/mol. The highest BCUT2D eigenvalue weighted by Gasteiger charge is 2.19. The number of hydrogen-bond acceptors (Lipinski definition) is 4. The smallest absolute Gasteiger partial charge is 0.273 e. The predicted molar refractivity (Wildman–Crippen MR) is 101 cm³/mol. The van der Waals surface area contributed by atoms with Crippen molar-refractivity contribution in [1.82, 2.24) is 5.32 Å². The Bertz CT molecular complexity index is 810. The molecule has 0 spiro atoms. The van der Waals surface area contributed by atoms with Crippen LogP contribution >= 0.6 is 0 Å². The second-order valence-electron chi connectivity index (χ2n) is 7.06. The zero-order chi connectivity index (χ0) is 19.3. The van der Waals surface area contributed by atoms with Crippen molar-refractivity contribution in [3.05, 3.63) is 69.3 Å². The van der Waals surface area contributed by atoms with Gasteiger partial charge in [0.15, 0.2) is 0 Å². The fourth-order valence-corrected chi connectivity index (χ4v) is 2.70. The molecule has 2 rings (SSSR count). The third kappa shape index (κ3) is 4.59. The minimum atomic E-state index is -0.487. The number of amides is 1. The standard InChI is InChI=1S/C20H24N2O4/c1-14-15(8-7-10-17(14)22(24)25)19(23)21-12-13-26-18-11-6-5-9-16(18)20(2,3)4/h5-11H,12-13H2,1-4H3,(H,21,23). The quantitative estimate of drug-likeness (QED) is 0.482. The van der Waals surface area contributed by atoms with Crippen LogP contribution in [0, 0.1) is 17.0 Å². The summed E-state index contributed by atoms with van der Waals surface area (Å²) in [6.45, 7) is 8.53. The lowest BCUT2D eigenvalue weighted by Crippen LogP contribution is -2.29. The Morgan fingerprint density at radius 1 is 1.15 bits per heavy atom. The van der Waals surface area contributed by atoms with Crippen molar-refractivity contribution in [3.63, 3.8) is 0 Å². The van der Waals surface area contributed by atoms with Crippen molar-refractivity contribution in [3.8, 4) is 5.75 Å². The molecule has 0 bridgehead atoms. The fraction of sp³-hybridized carbons (Fsp3) is 0.350. The number of carbonyl (C=O) groups excluding carboxylic acids is 1. The van der Waals surface area contributed by atoms with Crippen LogP contribution in [0.15, 0.2) is 42.5 Å². The highest BCUT2D eigenvalue weighted by atomic mass is 16.6. The van der Waals surface area contributed by atoms with Gasteiger partial charge >= 0.3 is 0 Å². The number of nitro benzene ring substituents is 1. The molecule has 0 unspecified atom stereocenters. The van der Waals surface area contributed by atoms with Gasteiger partial charge in [-0.1, -0.05) is 45.0 Å². The largest absolute Gasteiger partial charge is 0.491 e. The Hall–Kier alpha value is -2.89. The van der Waals surface area contributed by atoms with E-state index in [1.54, 1.807) is 13.0 Å². The topological polar surface area (TPSA) is 81.5 Å². The molecule has 0 aliphatic carbocycles. The van der Waals surface area contributed by atoms with Crippen LogP contribution in [0.2, 0.25) is 0 Å². The third-order valence-electron chi connectivity index (χ3n) is 4.09. The summed E-state index contributed by atoms with van der Waals surface area (Å²) in [5, 5.41) is 13.7. The van der Waals surface area contributed by atoms with E-state index in [2.05, 4.69) is 26.1 Å². The van der Waals surface area contributed by atoms with Crippen molar-refractivity contribution < 1.29 is 14.5 Å². The molecular weight excluding hydrogens is 332 g/mol. The van der Waals surface area contributed by atoms with Gasteiger partial charge in [-0.05, 0) is 30.0 Å². The highest BCUT2D eigenvalue weighted by Crippen LogP contribution is 2.30. The SMILES string of the molecule is Cc1c(C(=O)NCCOc2ccccc2C(C)(C)C)cccc1[N+](=O)[O-]. The van der Waals surface area contributed by atoms with Crippen LogP contribution in [-0.4, -0.2) is 24.0 Å². The van der Waals surface area contributed by atoms with Crippen LogP contribution in [0.3, 0.4) is 0 Å². The maximum atomic E-state index is 12.3. The number of nitrogens with one attached hydrogen (secondary N) is 1. The number of carbonyl (C=O) groups is 1. The molecule has 0 saturated carbocycles. The Kier molecular flexibility index (Phi) is 5.97. The van der Waals surface area contributed by atoms with Crippen molar-refractivity contribution in [2.24, 2.45) is 0 Å². The summed E-state index contributed by atoms with van der Waals surface area (Å²) < 4.78 is 5.82. The molecule has 0 atom stereocenters. The van der Waals surface area contributed by atoms with E-state index in [0.717, 1.165) is 11.3 Å². The van der Waals surface area contributed by atoms with Gasteiger partial charge in [-0.2, -0.15) is 0 Å². The molecule has 0 radical (unpaired) electrons. The second-order valence-corrected chi connectivity index (χ2v) is 7.06. The van der Waals surface area contributed by atoms with E-state index in [9.17, 15) is 14.9 Å². The maximum absolute atomic E-state index is 12.3. The highest BCUT2D eigenvalue weighted by molar-refractivity contribution is 5.96. The monoisotopic (exact) mass is 356 g/mol. The normalized spacial score (nSPS) is 11.1. The number of para-hydroxylation sites is 1. The first kappa shape index (κ1) is 19.4. The summed E-state index contributed by atoms with van der Waals surface area (Å²) >= 11 is 0. The second kappa shape index (κ2) is 7.99. The number of rotatable bonds is 6. The fourth-order valence-electron chi connectivity index (χ4n) is 2.70. The Morgan fingerprint density at radius 2 is 1.85 bits per heavy atom. The van der Waals surface area contributed by atoms with Gasteiger partial charge in [0.1, 0.15) is 12.4 Å². The molecule has 1 N–H and O–H groups in total. The summed E-state index contributed by atoms with van der Waals surface area (Å²) in [4.78, 5) is 22.8. The van der Waals surface area contributed by atoms with Crippen LogP contribution in [0.25, 0.3) is 0 Å². The molecule has 1 amide bonds. The lowest BCUT2D eigenvalue weighted by molar-refractivity contribution is -0.385. The Labute approximate surface area is 153 Å². The first-order chi connectivity index (χ1) is 12.2. The van der Waals surface area contributed by atoms with Crippen LogP contribution < -0.4 is 10.1 Å². The van der Waals surface area contributed by atoms with E-state index in [1.807, 2.05) is 24.3 Å². The summed E-state index contributed by atoms with van der Waals surface area (Å²) in [5.74, 6) is 0.444. The number of ether oxygens (including phenoxy) is 1. The summed E-state index contributed by atoms with van der Waals surface area (Å²) in [6, 6.07) is 12.3. The predicted octanol–water partition coefficient (Wildman–Crippen LogP) is 4.01. The van der Waals surface area contributed by atoms with E-state index in [-0.39, 0.29) is 17.0 Å². The molecule has 138 valence electrons. The van der Waals surface area contributed by atoms with Gasteiger partial charge in [-0.15, -0.1) is 0 Å². The molecule has 6 nitrogen and oxygen atoms in total. The van der Waals surface area contributed by atoms with Crippen LogP contribution in [-0.2, 0) is 5.41 Å². The molecule has 0 aliphatic rings. The minimum Gasteiger partial charge on any atom is -0.491 e. The molecule has 0 saturated heterocycles. The molecule has 0 heterocycles. The van der Waals surface area contributed by atoms with Crippen molar-refractivity contribution in [2.45, 2.75) is 33.1 Å². The van der Waals surface area contributed by atoms with Crippen LogP contribution in [0.1, 0.15) is 42.3 Å². The maximum Gasteiger partial charge on any atom is 0.273 e. The molecular formula is C20H24N2O4. The minimum absolute atomic E-state index is 0.0417. The number of nitrogens with zero attached hydrogens (tertiary/aromatic N) is 1. The Morgan fingerprint density at radius 3 is 2.50 bits per heavy atom. The zero-order valence-corrected chi connectivity index (χ0v) is 15.5. The summed E-state index contributed by atoms with van der Waals surface area (Å²) in [6.07, 6.45) is 0. The van der Waals surface area contributed by atoms with Crippen LogP contribution in [0.5, 0.6) is 5.75 Å². The van der Waals surface area contributed by atoms with E-state index in [4.69, 9.17) is 4.74 Å². The average Bonchev–Trinajstić information content (AvgIpc) is 2.58.